The van der Waals surface area contributed by atoms with Gasteiger partial charge in [-0.25, -0.2) is 0 Å². The van der Waals surface area contributed by atoms with Crippen LogP contribution < -0.4 is 22.1 Å². The Bertz CT molecular complexity index is 983. The van der Waals surface area contributed by atoms with Crippen LogP contribution in [0, 0.1) is 11.8 Å². The summed E-state index contributed by atoms with van der Waals surface area (Å²) in [6.07, 6.45) is 7.33. The monoisotopic (exact) mass is 506 g/mol. The second-order valence-corrected chi connectivity index (χ2v) is 10.2. The molecule has 1 saturated carbocycles. The van der Waals surface area contributed by atoms with Crippen molar-refractivity contribution in [2.45, 2.75) is 76.3 Å². The highest BCUT2D eigenvalue weighted by Crippen LogP contribution is 2.24. The van der Waals surface area contributed by atoms with Crippen LogP contribution in [0.2, 0.25) is 0 Å². The number of carbonyl (C=O) groups excluding carboxylic acids is 3. The molecule has 7 nitrogen and oxygen atoms in total. The summed E-state index contributed by atoms with van der Waals surface area (Å²) in [5, 5.41) is 6.10. The molecule has 0 heterocycles. The summed E-state index contributed by atoms with van der Waals surface area (Å²) in [6.45, 7) is 0.530. The average Bonchev–Trinajstić information content (AvgIpc) is 2.91. The van der Waals surface area contributed by atoms with Crippen molar-refractivity contribution in [2.75, 3.05) is 6.54 Å². The SMILES string of the molecule is NCCCC[C@H](NC(=O)C(CCc1ccccc1)Cc1ccccc1)C(=O)NC1CCCCC1C(N)=O. The molecule has 3 unspecified atom stereocenters. The third kappa shape index (κ3) is 9.32. The molecule has 0 saturated heterocycles. The van der Waals surface area contributed by atoms with E-state index < -0.39 is 6.04 Å². The van der Waals surface area contributed by atoms with E-state index in [1.54, 1.807) is 0 Å². The number of nitrogens with one attached hydrogen (secondary N) is 2. The Labute approximate surface area is 220 Å². The van der Waals surface area contributed by atoms with Gasteiger partial charge in [0.2, 0.25) is 17.7 Å². The highest BCUT2D eigenvalue weighted by molar-refractivity contribution is 5.89. The van der Waals surface area contributed by atoms with Crippen molar-refractivity contribution in [3.63, 3.8) is 0 Å². The van der Waals surface area contributed by atoms with Gasteiger partial charge in [-0.2, -0.15) is 0 Å². The van der Waals surface area contributed by atoms with Crippen molar-refractivity contribution in [2.24, 2.45) is 23.3 Å². The summed E-state index contributed by atoms with van der Waals surface area (Å²) in [5.74, 6) is -1.39. The van der Waals surface area contributed by atoms with Gasteiger partial charge in [0.1, 0.15) is 6.04 Å². The van der Waals surface area contributed by atoms with Gasteiger partial charge in [0, 0.05) is 12.0 Å². The Morgan fingerprint density at radius 3 is 2.14 bits per heavy atom. The van der Waals surface area contributed by atoms with Crippen LogP contribution in [-0.4, -0.2) is 36.3 Å². The number of hydrogen-bond donors (Lipinski definition) is 4. The van der Waals surface area contributed by atoms with Crippen LogP contribution in [-0.2, 0) is 27.2 Å². The third-order valence-corrected chi connectivity index (χ3v) is 7.36. The summed E-state index contributed by atoms with van der Waals surface area (Å²) < 4.78 is 0. The van der Waals surface area contributed by atoms with Gasteiger partial charge in [-0.15, -0.1) is 0 Å². The maximum absolute atomic E-state index is 13.6. The van der Waals surface area contributed by atoms with Crippen LogP contribution in [0.15, 0.2) is 60.7 Å². The van der Waals surface area contributed by atoms with Gasteiger partial charge in [0.05, 0.1) is 5.92 Å². The number of benzene rings is 2. The van der Waals surface area contributed by atoms with Gasteiger partial charge in [0.15, 0.2) is 0 Å². The Kier molecular flexibility index (Phi) is 11.6. The van der Waals surface area contributed by atoms with E-state index >= 15 is 0 Å². The van der Waals surface area contributed by atoms with Gasteiger partial charge >= 0.3 is 0 Å². The van der Waals surface area contributed by atoms with E-state index in [2.05, 4.69) is 22.8 Å². The van der Waals surface area contributed by atoms with Crippen molar-refractivity contribution in [3.05, 3.63) is 71.8 Å². The molecule has 0 spiro atoms. The fraction of sp³-hybridized carbons (Fsp3) is 0.500. The summed E-state index contributed by atoms with van der Waals surface area (Å²) >= 11 is 0. The molecule has 6 N–H and O–H groups in total. The molecule has 2 aromatic carbocycles. The van der Waals surface area contributed by atoms with Crippen molar-refractivity contribution in [1.82, 2.24) is 10.6 Å². The molecule has 0 radical (unpaired) electrons. The van der Waals surface area contributed by atoms with Crippen LogP contribution in [0.3, 0.4) is 0 Å². The number of carbonyl (C=O) groups is 3. The number of unbranched alkanes of at least 4 members (excludes halogenated alkanes) is 1. The van der Waals surface area contributed by atoms with E-state index in [1.165, 1.54) is 5.56 Å². The number of hydrogen-bond acceptors (Lipinski definition) is 4. The molecule has 3 amide bonds. The van der Waals surface area contributed by atoms with Gasteiger partial charge in [0.25, 0.3) is 0 Å². The van der Waals surface area contributed by atoms with E-state index in [-0.39, 0.29) is 35.6 Å². The maximum Gasteiger partial charge on any atom is 0.242 e. The lowest BCUT2D eigenvalue weighted by Gasteiger charge is -2.32. The Balaban J connectivity index is 1.71. The fourth-order valence-electron chi connectivity index (χ4n) is 5.19. The molecule has 0 aliphatic heterocycles. The van der Waals surface area contributed by atoms with Crippen LogP contribution in [0.1, 0.15) is 62.5 Å². The quantitative estimate of drug-likeness (QED) is 0.293. The minimum atomic E-state index is -0.676. The van der Waals surface area contributed by atoms with Gasteiger partial charge < -0.3 is 22.1 Å². The lowest BCUT2D eigenvalue weighted by molar-refractivity contribution is -0.133. The van der Waals surface area contributed by atoms with Crippen LogP contribution >= 0.6 is 0 Å². The zero-order chi connectivity index (χ0) is 26.5. The smallest absolute Gasteiger partial charge is 0.242 e. The molecule has 1 fully saturated rings. The lowest BCUT2D eigenvalue weighted by Crippen LogP contribution is -2.54. The molecule has 1 aliphatic carbocycles. The second kappa shape index (κ2) is 15.2. The largest absolute Gasteiger partial charge is 0.369 e. The van der Waals surface area contributed by atoms with E-state index in [1.807, 2.05) is 48.5 Å². The first kappa shape index (κ1) is 28.4. The highest BCUT2D eigenvalue weighted by atomic mass is 16.2. The maximum atomic E-state index is 13.6. The average molecular weight is 507 g/mol. The van der Waals surface area contributed by atoms with Crippen molar-refractivity contribution in [1.29, 1.82) is 0 Å². The van der Waals surface area contributed by atoms with E-state index in [0.717, 1.165) is 44.1 Å². The number of primary amides is 1. The van der Waals surface area contributed by atoms with Crippen LogP contribution in [0.5, 0.6) is 0 Å². The van der Waals surface area contributed by atoms with Crippen molar-refractivity contribution < 1.29 is 14.4 Å². The number of nitrogens with two attached hydrogens (primary N) is 2. The summed E-state index contributed by atoms with van der Waals surface area (Å²) in [4.78, 5) is 38.9. The summed E-state index contributed by atoms with van der Waals surface area (Å²) in [7, 11) is 0. The predicted octanol–water partition coefficient (Wildman–Crippen LogP) is 3.25. The van der Waals surface area contributed by atoms with Crippen LogP contribution in [0.25, 0.3) is 0 Å². The highest BCUT2D eigenvalue weighted by Gasteiger charge is 2.33. The Morgan fingerprint density at radius 2 is 1.49 bits per heavy atom. The lowest BCUT2D eigenvalue weighted by atomic mass is 9.84. The predicted molar refractivity (Wildman–Crippen MR) is 146 cm³/mol. The molecule has 2 aromatic rings. The molecule has 0 bridgehead atoms. The molecule has 0 aromatic heterocycles. The van der Waals surface area contributed by atoms with Gasteiger partial charge in [-0.3, -0.25) is 14.4 Å². The number of aryl methyl sites for hydroxylation is 1. The molecular weight excluding hydrogens is 464 g/mol. The Morgan fingerprint density at radius 1 is 0.838 bits per heavy atom. The molecule has 7 heteroatoms. The normalized spacial score (nSPS) is 18.9. The van der Waals surface area contributed by atoms with E-state index in [0.29, 0.717) is 32.2 Å². The summed E-state index contributed by atoms with van der Waals surface area (Å²) in [6, 6.07) is 19.1. The Hall–Kier alpha value is -3.19. The zero-order valence-corrected chi connectivity index (χ0v) is 21.7. The van der Waals surface area contributed by atoms with Crippen molar-refractivity contribution in [3.8, 4) is 0 Å². The van der Waals surface area contributed by atoms with Crippen LogP contribution in [0.4, 0.5) is 0 Å². The third-order valence-electron chi connectivity index (χ3n) is 7.36. The molecule has 37 heavy (non-hydrogen) atoms. The standard InChI is InChI=1S/C30H42N4O3/c31-20-10-9-17-27(30(37)33-26-16-8-7-15-25(26)28(32)35)34-29(36)24(21-23-13-5-2-6-14-23)19-18-22-11-3-1-4-12-22/h1-6,11-14,24-27H,7-10,15-21,31H2,(H2,32,35)(H,33,37)(H,34,36)/t24?,25?,26?,27-/m0/s1. The van der Waals surface area contributed by atoms with Gasteiger partial charge in [-0.1, -0.05) is 73.5 Å². The first-order valence-corrected chi connectivity index (χ1v) is 13.7. The van der Waals surface area contributed by atoms with E-state index in [9.17, 15) is 14.4 Å². The molecular formula is C30H42N4O3. The van der Waals surface area contributed by atoms with Gasteiger partial charge in [-0.05, 0) is 69.0 Å². The summed E-state index contributed by atoms with van der Waals surface area (Å²) in [5.41, 5.74) is 13.6. The minimum absolute atomic E-state index is 0.122. The first-order chi connectivity index (χ1) is 18.0. The van der Waals surface area contributed by atoms with E-state index in [4.69, 9.17) is 11.5 Å². The number of amides is 3. The van der Waals surface area contributed by atoms with Crippen molar-refractivity contribution >= 4 is 17.7 Å². The topological polar surface area (TPSA) is 127 Å². The molecule has 200 valence electrons. The minimum Gasteiger partial charge on any atom is -0.369 e. The zero-order valence-electron chi connectivity index (χ0n) is 21.7. The fourth-order valence-corrected chi connectivity index (χ4v) is 5.19. The molecule has 1 aliphatic rings. The first-order valence-electron chi connectivity index (χ1n) is 13.7. The second-order valence-electron chi connectivity index (χ2n) is 10.2. The molecule has 4 atom stereocenters. The number of rotatable bonds is 14. The molecule has 3 rings (SSSR count).